The van der Waals surface area contributed by atoms with Gasteiger partial charge in [-0.25, -0.2) is 0 Å². The Labute approximate surface area is 167 Å². The van der Waals surface area contributed by atoms with Crippen LogP contribution in [0, 0.1) is 5.92 Å². The van der Waals surface area contributed by atoms with Crippen LogP contribution in [0.3, 0.4) is 0 Å². The molecule has 28 heavy (non-hydrogen) atoms. The monoisotopic (exact) mass is 397 g/mol. The van der Waals surface area contributed by atoms with Crippen molar-refractivity contribution in [3.05, 3.63) is 12.2 Å². The molecule has 5 atom stereocenters. The summed E-state index contributed by atoms with van der Waals surface area (Å²) >= 11 is 0. The largest absolute Gasteiger partial charge is 0.481 e. The molecule has 1 saturated carbocycles. The van der Waals surface area contributed by atoms with Crippen molar-refractivity contribution in [2.24, 2.45) is 5.92 Å². The highest BCUT2D eigenvalue weighted by atomic mass is 16.7. The topological polar surface area (TPSA) is 88.5 Å². The summed E-state index contributed by atoms with van der Waals surface area (Å²) in [5.74, 6) is -0.640. The molecule has 0 amide bonds. The van der Waals surface area contributed by atoms with Crippen molar-refractivity contribution in [3.63, 3.8) is 0 Å². The molecule has 0 aromatic rings. The van der Waals surface area contributed by atoms with Gasteiger partial charge < -0.3 is 24.4 Å². The van der Waals surface area contributed by atoms with E-state index in [0.29, 0.717) is 12.8 Å². The number of hydrogen-bond acceptors (Lipinski definition) is 6. The number of aliphatic hydroxyl groups is 1. The molecule has 2 aliphatic heterocycles. The molecule has 7 heteroatoms. The predicted octanol–water partition coefficient (Wildman–Crippen LogP) is 2.18. The molecule has 5 unspecified atom stereocenters. The van der Waals surface area contributed by atoms with Gasteiger partial charge in [0.25, 0.3) is 0 Å². The summed E-state index contributed by atoms with van der Waals surface area (Å²) < 4.78 is 17.6. The van der Waals surface area contributed by atoms with E-state index in [1.807, 2.05) is 6.08 Å². The molecule has 0 spiro atoms. The third kappa shape index (κ3) is 6.26. The first-order chi connectivity index (χ1) is 13.6. The Balaban J connectivity index is 1.59. The van der Waals surface area contributed by atoms with Gasteiger partial charge in [-0.1, -0.05) is 12.2 Å². The minimum Gasteiger partial charge on any atom is -0.481 e. The molecular weight excluding hydrogens is 362 g/mol. The van der Waals surface area contributed by atoms with E-state index in [-0.39, 0.29) is 30.8 Å². The molecule has 1 aliphatic carbocycles. The lowest BCUT2D eigenvalue weighted by atomic mass is 9.95. The number of hydrogen-bond donors (Lipinski definition) is 2. The molecule has 0 bridgehead atoms. The van der Waals surface area contributed by atoms with Gasteiger partial charge in [-0.2, -0.15) is 0 Å². The molecule has 0 radical (unpaired) electrons. The second kappa shape index (κ2) is 11.3. The van der Waals surface area contributed by atoms with Gasteiger partial charge in [0.2, 0.25) is 0 Å². The van der Waals surface area contributed by atoms with Gasteiger partial charge in [0.05, 0.1) is 25.4 Å². The summed E-state index contributed by atoms with van der Waals surface area (Å²) in [6.45, 7) is 3.92. The van der Waals surface area contributed by atoms with Crippen molar-refractivity contribution < 1.29 is 29.2 Å². The Hall–Kier alpha value is -0.990. The number of aliphatic hydroxyl groups excluding tert-OH is 1. The second-order valence-electron chi connectivity index (χ2n) is 8.07. The van der Waals surface area contributed by atoms with Crippen molar-refractivity contribution in [2.75, 3.05) is 32.9 Å². The molecule has 2 heterocycles. The van der Waals surface area contributed by atoms with E-state index in [1.165, 1.54) is 0 Å². The third-order valence-corrected chi connectivity index (χ3v) is 6.06. The van der Waals surface area contributed by atoms with Crippen LogP contribution in [0.5, 0.6) is 0 Å². The molecule has 0 aromatic heterocycles. The van der Waals surface area contributed by atoms with Gasteiger partial charge in [0.15, 0.2) is 6.29 Å². The molecule has 3 fully saturated rings. The average Bonchev–Trinajstić information content (AvgIpc) is 3.00. The molecule has 160 valence electrons. The number of carboxylic acid groups (broad SMARTS) is 1. The number of carboxylic acids is 1. The minimum atomic E-state index is -0.753. The molecule has 3 aliphatic rings. The van der Waals surface area contributed by atoms with Crippen LogP contribution in [0.25, 0.3) is 0 Å². The number of unbranched alkanes of at least 4 members (excludes halogenated alkanes) is 1. The molecule has 3 rings (SSSR count). The normalized spacial score (nSPS) is 34.8. The van der Waals surface area contributed by atoms with Gasteiger partial charge in [-0.15, -0.1) is 0 Å². The first-order valence-electron chi connectivity index (χ1n) is 10.8. The maximum absolute atomic E-state index is 10.8. The van der Waals surface area contributed by atoms with Crippen molar-refractivity contribution in [3.8, 4) is 0 Å². The predicted molar refractivity (Wildman–Crippen MR) is 104 cm³/mol. The summed E-state index contributed by atoms with van der Waals surface area (Å²) in [4.78, 5) is 13.0. The first kappa shape index (κ1) is 21.7. The highest BCUT2D eigenvalue weighted by molar-refractivity contribution is 5.66. The van der Waals surface area contributed by atoms with Crippen LogP contribution in [0.2, 0.25) is 0 Å². The summed E-state index contributed by atoms with van der Waals surface area (Å²) in [5, 5.41) is 19.5. The summed E-state index contributed by atoms with van der Waals surface area (Å²) in [7, 11) is 0. The van der Waals surface area contributed by atoms with Gasteiger partial charge in [0.1, 0.15) is 0 Å². The van der Waals surface area contributed by atoms with E-state index in [9.17, 15) is 9.90 Å². The number of morpholine rings is 1. The lowest BCUT2D eigenvalue weighted by Crippen LogP contribution is -2.51. The number of rotatable bonds is 9. The van der Waals surface area contributed by atoms with Gasteiger partial charge >= 0.3 is 5.97 Å². The minimum absolute atomic E-state index is 0.0263. The zero-order valence-electron chi connectivity index (χ0n) is 16.7. The Kier molecular flexibility index (Phi) is 8.73. The molecule has 2 N–H and O–H groups in total. The highest BCUT2D eigenvalue weighted by Crippen LogP contribution is 2.37. The second-order valence-corrected chi connectivity index (χ2v) is 8.07. The van der Waals surface area contributed by atoms with Crippen LogP contribution in [-0.2, 0) is 19.0 Å². The molecule has 2 saturated heterocycles. The van der Waals surface area contributed by atoms with Crippen molar-refractivity contribution in [2.45, 2.75) is 75.9 Å². The number of allylic oxidation sites excluding steroid dienone is 2. The maximum atomic E-state index is 10.8. The van der Waals surface area contributed by atoms with Crippen LogP contribution in [-0.4, -0.2) is 78.5 Å². The molecule has 0 aromatic carbocycles. The Morgan fingerprint density at radius 1 is 1.18 bits per heavy atom. The van der Waals surface area contributed by atoms with Crippen LogP contribution < -0.4 is 0 Å². The molecular formula is C21H35NO6. The van der Waals surface area contributed by atoms with Gasteiger partial charge in [-0.05, 0) is 38.5 Å². The van der Waals surface area contributed by atoms with Crippen molar-refractivity contribution in [1.82, 2.24) is 4.90 Å². The van der Waals surface area contributed by atoms with Gasteiger partial charge in [-0.3, -0.25) is 9.69 Å². The van der Waals surface area contributed by atoms with Crippen molar-refractivity contribution in [1.29, 1.82) is 0 Å². The smallest absolute Gasteiger partial charge is 0.303 e. The Morgan fingerprint density at radius 3 is 2.71 bits per heavy atom. The zero-order chi connectivity index (χ0) is 19.8. The first-order valence-corrected chi connectivity index (χ1v) is 10.8. The van der Waals surface area contributed by atoms with E-state index in [4.69, 9.17) is 19.3 Å². The fraction of sp³-hybridized carbons (Fsp3) is 0.857. The lowest BCUT2D eigenvalue weighted by molar-refractivity contribution is -0.200. The number of aliphatic carboxylic acids is 1. The van der Waals surface area contributed by atoms with E-state index in [1.54, 1.807) is 0 Å². The molecule has 7 nitrogen and oxygen atoms in total. The standard InChI is InChI=1S/C21H35NO6/c23-17-15-18(28-20-9-5-6-12-27-20)21(22-10-13-26-14-11-22)16(17)7-3-1-2-4-8-19(24)25/h1,3,16-18,20-21,23H,2,4-15H2,(H,24,25)/b3-1+. The van der Waals surface area contributed by atoms with E-state index in [2.05, 4.69) is 11.0 Å². The van der Waals surface area contributed by atoms with E-state index >= 15 is 0 Å². The Bertz CT molecular complexity index is 501. The quantitative estimate of drug-likeness (QED) is 0.455. The SMILES string of the molecule is O=C(O)CCC/C=C/CC1C(O)CC(OC2CCCCO2)C1N1CCOCC1. The summed E-state index contributed by atoms with van der Waals surface area (Å²) in [5.41, 5.74) is 0. The fourth-order valence-electron chi connectivity index (χ4n) is 4.63. The van der Waals surface area contributed by atoms with Crippen LogP contribution in [0.4, 0.5) is 0 Å². The summed E-state index contributed by atoms with van der Waals surface area (Å²) in [6, 6.07) is 0.160. The number of ether oxygens (including phenoxy) is 3. The summed E-state index contributed by atoms with van der Waals surface area (Å²) in [6.07, 6.45) is 9.74. The zero-order valence-corrected chi connectivity index (χ0v) is 16.7. The number of nitrogens with zero attached hydrogens (tertiary/aromatic N) is 1. The van der Waals surface area contributed by atoms with E-state index < -0.39 is 12.1 Å². The highest BCUT2D eigenvalue weighted by Gasteiger charge is 2.46. The van der Waals surface area contributed by atoms with Crippen molar-refractivity contribution >= 4 is 5.97 Å². The lowest BCUT2D eigenvalue weighted by Gasteiger charge is -2.39. The fourth-order valence-corrected chi connectivity index (χ4v) is 4.63. The Morgan fingerprint density at radius 2 is 2.00 bits per heavy atom. The van der Waals surface area contributed by atoms with E-state index in [0.717, 1.165) is 65.0 Å². The van der Waals surface area contributed by atoms with Crippen LogP contribution in [0.15, 0.2) is 12.2 Å². The maximum Gasteiger partial charge on any atom is 0.303 e. The number of carbonyl (C=O) groups is 1. The average molecular weight is 398 g/mol. The third-order valence-electron chi connectivity index (χ3n) is 6.06. The van der Waals surface area contributed by atoms with Crippen LogP contribution >= 0.6 is 0 Å². The van der Waals surface area contributed by atoms with Gasteiger partial charge in [0, 0.05) is 44.5 Å². The van der Waals surface area contributed by atoms with Crippen LogP contribution in [0.1, 0.15) is 51.4 Å².